The number of piperidine rings is 2. The lowest BCUT2D eigenvalue weighted by molar-refractivity contribution is 0.0543. The number of nitrogens with zero attached hydrogens (tertiary/aromatic N) is 4. The Morgan fingerprint density at radius 1 is 1.12 bits per heavy atom. The van der Waals surface area contributed by atoms with Gasteiger partial charge in [-0.3, -0.25) is 0 Å². The van der Waals surface area contributed by atoms with Crippen molar-refractivity contribution in [3.63, 3.8) is 0 Å². The molecule has 2 saturated heterocycles. The molecule has 138 valence electrons. The Morgan fingerprint density at radius 2 is 1.88 bits per heavy atom. The molecular weight excluding hydrogens is 320 g/mol. The van der Waals surface area contributed by atoms with Gasteiger partial charge in [-0.1, -0.05) is 37.3 Å². The predicted molar refractivity (Wildman–Crippen MR) is 107 cm³/mol. The van der Waals surface area contributed by atoms with Crippen molar-refractivity contribution in [2.24, 2.45) is 5.41 Å². The normalized spacial score (nSPS) is 23.3. The molecule has 2 aliphatic heterocycles. The van der Waals surface area contributed by atoms with Crippen molar-refractivity contribution < 1.29 is 0 Å². The fourth-order valence-corrected chi connectivity index (χ4v) is 4.88. The average molecular weight is 351 g/mol. The zero-order valence-corrected chi connectivity index (χ0v) is 16.1. The van der Waals surface area contributed by atoms with Crippen LogP contribution in [0, 0.1) is 12.3 Å². The maximum absolute atomic E-state index is 4.49. The Balaban J connectivity index is 1.49. The first kappa shape index (κ1) is 17.5. The number of likely N-dealkylation sites (N-methyl/N-ethyl adjacent to an activating group) is 1. The largest absolute Gasteiger partial charge is 0.356 e. The second kappa shape index (κ2) is 7.36. The Hall–Kier alpha value is -1.94. The van der Waals surface area contributed by atoms with Crippen LogP contribution in [-0.2, 0) is 0 Å². The van der Waals surface area contributed by atoms with E-state index in [9.17, 15) is 0 Å². The minimum absolute atomic E-state index is 0.452. The highest BCUT2D eigenvalue weighted by molar-refractivity contribution is 5.39. The number of aromatic nitrogens is 2. The van der Waals surface area contributed by atoms with Crippen LogP contribution in [0.15, 0.2) is 42.7 Å². The fourth-order valence-electron chi connectivity index (χ4n) is 4.88. The minimum atomic E-state index is 0.452. The van der Waals surface area contributed by atoms with Crippen LogP contribution in [-0.4, -0.2) is 47.6 Å². The summed E-state index contributed by atoms with van der Waals surface area (Å²) in [7, 11) is 0. The summed E-state index contributed by atoms with van der Waals surface area (Å²) in [6.45, 7) is 10.2. The molecule has 1 aromatic carbocycles. The summed E-state index contributed by atoms with van der Waals surface area (Å²) in [5.74, 6) is 1.76. The zero-order valence-electron chi connectivity index (χ0n) is 16.1. The van der Waals surface area contributed by atoms with Gasteiger partial charge >= 0.3 is 0 Å². The highest BCUT2D eigenvalue weighted by Crippen LogP contribution is 2.45. The first-order valence-corrected chi connectivity index (χ1v) is 9.98. The summed E-state index contributed by atoms with van der Waals surface area (Å²) < 4.78 is 0. The van der Waals surface area contributed by atoms with Gasteiger partial charge in [0.1, 0.15) is 12.1 Å². The lowest BCUT2D eigenvalue weighted by Crippen LogP contribution is -2.51. The molecule has 4 rings (SSSR count). The molecule has 0 aliphatic carbocycles. The molecule has 0 saturated carbocycles. The highest BCUT2D eigenvalue weighted by atomic mass is 15.2. The van der Waals surface area contributed by atoms with Gasteiger partial charge in [-0.15, -0.1) is 0 Å². The van der Waals surface area contributed by atoms with Gasteiger partial charge in [0.05, 0.1) is 0 Å². The first-order valence-electron chi connectivity index (χ1n) is 9.98. The third-order valence-electron chi connectivity index (χ3n) is 6.37. The van der Waals surface area contributed by atoms with E-state index in [2.05, 4.69) is 63.1 Å². The molecule has 0 N–H and O–H groups in total. The molecule has 26 heavy (non-hydrogen) atoms. The van der Waals surface area contributed by atoms with E-state index in [0.717, 1.165) is 31.1 Å². The van der Waals surface area contributed by atoms with Gasteiger partial charge in [0.25, 0.3) is 0 Å². The monoisotopic (exact) mass is 350 g/mol. The van der Waals surface area contributed by atoms with Gasteiger partial charge in [-0.2, -0.15) is 0 Å². The summed E-state index contributed by atoms with van der Waals surface area (Å²) in [6.07, 6.45) is 5.54. The van der Waals surface area contributed by atoms with Crippen molar-refractivity contribution >= 4 is 5.82 Å². The van der Waals surface area contributed by atoms with E-state index in [-0.39, 0.29) is 0 Å². The number of rotatable bonds is 3. The van der Waals surface area contributed by atoms with Crippen molar-refractivity contribution in [2.45, 2.75) is 39.0 Å². The maximum atomic E-state index is 4.49. The average Bonchev–Trinajstić information content (AvgIpc) is 2.69. The molecule has 1 spiro atoms. The molecule has 1 atom stereocenters. The van der Waals surface area contributed by atoms with E-state index in [1.807, 2.05) is 6.92 Å². The van der Waals surface area contributed by atoms with Gasteiger partial charge in [0.15, 0.2) is 0 Å². The molecule has 2 aliphatic rings. The van der Waals surface area contributed by atoms with E-state index >= 15 is 0 Å². The Bertz CT molecular complexity index is 722. The maximum Gasteiger partial charge on any atom is 0.132 e. The third-order valence-corrected chi connectivity index (χ3v) is 6.37. The summed E-state index contributed by atoms with van der Waals surface area (Å²) in [5, 5.41) is 0. The summed E-state index contributed by atoms with van der Waals surface area (Å²) >= 11 is 0. The first-order chi connectivity index (χ1) is 12.7. The van der Waals surface area contributed by atoms with Crippen molar-refractivity contribution in [1.82, 2.24) is 14.9 Å². The molecule has 2 aromatic rings. The molecule has 0 bridgehead atoms. The van der Waals surface area contributed by atoms with Crippen LogP contribution in [0.4, 0.5) is 5.82 Å². The van der Waals surface area contributed by atoms with Crippen molar-refractivity contribution in [3.05, 3.63) is 54.0 Å². The van der Waals surface area contributed by atoms with Gasteiger partial charge in [-0.25, -0.2) is 9.97 Å². The van der Waals surface area contributed by atoms with Crippen LogP contribution in [0.1, 0.15) is 43.4 Å². The standard InChI is InChI=1S/C22H30N4/c1-3-25-15-20(19-7-5-4-6-8-19)14-22(16-25)9-11-26(12-10-22)21-13-18(2)23-17-24-21/h4-8,13,17,20H,3,9-12,14-16H2,1-2H3/t20-/m0/s1. The zero-order chi connectivity index (χ0) is 18.0. The molecule has 3 heterocycles. The predicted octanol–water partition coefficient (Wildman–Crippen LogP) is 3.88. The van der Waals surface area contributed by atoms with E-state index in [4.69, 9.17) is 0 Å². The van der Waals surface area contributed by atoms with Crippen LogP contribution in [0.25, 0.3) is 0 Å². The topological polar surface area (TPSA) is 32.3 Å². The van der Waals surface area contributed by atoms with Crippen LogP contribution in [0.2, 0.25) is 0 Å². The summed E-state index contributed by atoms with van der Waals surface area (Å²) in [6, 6.07) is 13.2. The SMILES string of the molecule is CCN1C[C@@H](c2ccccc2)CC2(CCN(c3cc(C)ncn3)CC2)C1. The number of hydrogen-bond acceptors (Lipinski definition) is 4. The number of hydrogen-bond donors (Lipinski definition) is 0. The quantitative estimate of drug-likeness (QED) is 0.841. The smallest absolute Gasteiger partial charge is 0.132 e. The lowest BCUT2D eigenvalue weighted by atomic mass is 9.68. The van der Waals surface area contributed by atoms with Crippen LogP contribution >= 0.6 is 0 Å². The van der Waals surface area contributed by atoms with Crippen LogP contribution in [0.3, 0.4) is 0 Å². The summed E-state index contributed by atoms with van der Waals surface area (Å²) in [5.41, 5.74) is 3.01. The highest BCUT2D eigenvalue weighted by Gasteiger charge is 2.42. The molecule has 0 unspecified atom stereocenters. The fraction of sp³-hybridized carbons (Fsp3) is 0.545. The number of likely N-dealkylation sites (tertiary alicyclic amines) is 1. The lowest BCUT2D eigenvalue weighted by Gasteiger charge is -2.50. The van der Waals surface area contributed by atoms with Gasteiger partial charge in [0.2, 0.25) is 0 Å². The second-order valence-corrected chi connectivity index (χ2v) is 8.14. The Morgan fingerprint density at radius 3 is 2.58 bits per heavy atom. The van der Waals surface area contributed by atoms with Gasteiger partial charge in [-0.05, 0) is 49.6 Å². The van der Waals surface area contributed by atoms with Crippen molar-refractivity contribution in [2.75, 3.05) is 37.6 Å². The molecule has 2 fully saturated rings. The number of benzene rings is 1. The molecule has 1 aromatic heterocycles. The summed E-state index contributed by atoms with van der Waals surface area (Å²) in [4.78, 5) is 13.9. The number of aryl methyl sites for hydroxylation is 1. The number of anilines is 1. The van der Waals surface area contributed by atoms with Crippen LogP contribution < -0.4 is 4.90 Å². The van der Waals surface area contributed by atoms with Crippen molar-refractivity contribution in [3.8, 4) is 0 Å². The minimum Gasteiger partial charge on any atom is -0.356 e. The molecule has 0 radical (unpaired) electrons. The van der Waals surface area contributed by atoms with Gasteiger partial charge < -0.3 is 9.80 Å². The van der Waals surface area contributed by atoms with Crippen LogP contribution in [0.5, 0.6) is 0 Å². The Kier molecular flexibility index (Phi) is 4.94. The third kappa shape index (κ3) is 3.61. The van der Waals surface area contributed by atoms with E-state index < -0.39 is 0 Å². The Labute approximate surface area is 157 Å². The van der Waals surface area contributed by atoms with E-state index in [0.29, 0.717) is 11.3 Å². The van der Waals surface area contributed by atoms with E-state index in [1.54, 1.807) is 6.33 Å². The molecular formula is C22H30N4. The molecule has 0 amide bonds. The second-order valence-electron chi connectivity index (χ2n) is 8.14. The van der Waals surface area contributed by atoms with E-state index in [1.165, 1.54) is 37.9 Å². The molecule has 4 heteroatoms. The van der Waals surface area contributed by atoms with Gasteiger partial charge in [0, 0.05) is 37.9 Å². The van der Waals surface area contributed by atoms with Crippen molar-refractivity contribution in [1.29, 1.82) is 0 Å². The molecule has 4 nitrogen and oxygen atoms in total.